The molecule has 2 aromatic rings. The first-order chi connectivity index (χ1) is 12.1. The predicted octanol–water partition coefficient (Wildman–Crippen LogP) is 2.86. The average molecular weight is 332 g/mol. The van der Waals surface area contributed by atoms with E-state index in [1.165, 1.54) is 0 Å². The molecule has 0 N–H and O–H groups in total. The van der Waals surface area contributed by atoms with E-state index in [0.717, 1.165) is 12.0 Å². The van der Waals surface area contributed by atoms with Crippen molar-refractivity contribution in [3.05, 3.63) is 70.8 Å². The smallest absolute Gasteiger partial charge is 0.339 e. The number of likely N-dealkylation sites (tertiary alicyclic amines) is 1. The second kappa shape index (κ2) is 5.75. The van der Waals surface area contributed by atoms with E-state index in [4.69, 9.17) is 10.00 Å². The van der Waals surface area contributed by atoms with Crippen LogP contribution in [0, 0.1) is 11.3 Å². The van der Waals surface area contributed by atoms with Crippen LogP contribution in [0.1, 0.15) is 44.7 Å². The standard InChI is InChI=1S/C20H16N2O3/c21-12-14-5-3-6-15(11-14)18(23)22-10-4-9-20(13-22)17-8-2-1-7-16(17)19(24)25-20/h1-3,5-8,11H,4,9-10,13H2/t20-/m0/s1. The van der Waals surface area contributed by atoms with E-state index in [-0.39, 0.29) is 11.9 Å². The number of nitrogens with zero attached hydrogens (tertiary/aromatic N) is 2. The number of carbonyl (C=O) groups excluding carboxylic acids is 2. The predicted molar refractivity (Wildman–Crippen MR) is 89.8 cm³/mol. The highest BCUT2D eigenvalue weighted by molar-refractivity contribution is 5.96. The Labute approximate surface area is 145 Å². The highest BCUT2D eigenvalue weighted by Gasteiger charge is 2.48. The highest BCUT2D eigenvalue weighted by atomic mass is 16.6. The molecular weight excluding hydrogens is 316 g/mol. The first-order valence-corrected chi connectivity index (χ1v) is 8.25. The number of esters is 1. The minimum absolute atomic E-state index is 0.142. The molecule has 1 fully saturated rings. The van der Waals surface area contributed by atoms with Gasteiger partial charge < -0.3 is 9.64 Å². The van der Waals surface area contributed by atoms with Crippen molar-refractivity contribution in [1.29, 1.82) is 5.26 Å². The minimum Gasteiger partial charge on any atom is -0.449 e. The molecule has 0 aliphatic carbocycles. The van der Waals surface area contributed by atoms with Crippen molar-refractivity contribution in [2.45, 2.75) is 18.4 Å². The summed E-state index contributed by atoms with van der Waals surface area (Å²) in [5.74, 6) is -0.465. The van der Waals surface area contributed by atoms with E-state index in [1.807, 2.05) is 18.2 Å². The van der Waals surface area contributed by atoms with Gasteiger partial charge >= 0.3 is 5.97 Å². The number of hydrogen-bond acceptors (Lipinski definition) is 4. The molecule has 0 radical (unpaired) electrons. The van der Waals surface area contributed by atoms with Crippen molar-refractivity contribution in [1.82, 2.24) is 4.90 Å². The molecule has 0 bridgehead atoms. The third kappa shape index (κ3) is 2.47. The third-order valence-electron chi connectivity index (χ3n) is 4.91. The Balaban J connectivity index is 1.65. The van der Waals surface area contributed by atoms with Crippen LogP contribution in [0.25, 0.3) is 0 Å². The molecule has 5 nitrogen and oxygen atoms in total. The lowest BCUT2D eigenvalue weighted by molar-refractivity contribution is -0.0442. The highest BCUT2D eigenvalue weighted by Crippen LogP contribution is 2.42. The monoisotopic (exact) mass is 332 g/mol. The molecule has 2 aromatic carbocycles. The van der Waals surface area contributed by atoms with E-state index in [2.05, 4.69) is 6.07 Å². The molecule has 2 aliphatic heterocycles. The maximum Gasteiger partial charge on any atom is 0.339 e. The number of amides is 1. The fraction of sp³-hybridized carbons (Fsp3) is 0.250. The fourth-order valence-electron chi connectivity index (χ4n) is 3.75. The van der Waals surface area contributed by atoms with Gasteiger partial charge in [0, 0.05) is 17.7 Å². The summed E-state index contributed by atoms with van der Waals surface area (Å²) >= 11 is 0. The molecule has 25 heavy (non-hydrogen) atoms. The van der Waals surface area contributed by atoms with Crippen LogP contribution in [0.4, 0.5) is 0 Å². The topological polar surface area (TPSA) is 70.4 Å². The third-order valence-corrected chi connectivity index (χ3v) is 4.91. The van der Waals surface area contributed by atoms with Gasteiger partial charge in [-0.1, -0.05) is 24.3 Å². The molecular formula is C20H16N2O3. The fourth-order valence-corrected chi connectivity index (χ4v) is 3.75. The molecule has 1 spiro atoms. The van der Waals surface area contributed by atoms with Crippen molar-refractivity contribution in [3.8, 4) is 6.07 Å². The van der Waals surface area contributed by atoms with E-state index in [0.29, 0.717) is 36.2 Å². The quantitative estimate of drug-likeness (QED) is 0.753. The van der Waals surface area contributed by atoms with Crippen LogP contribution in [-0.4, -0.2) is 29.9 Å². The molecule has 2 heterocycles. The van der Waals surface area contributed by atoms with Gasteiger partial charge in [-0.15, -0.1) is 0 Å². The van der Waals surface area contributed by atoms with E-state index in [1.54, 1.807) is 35.2 Å². The lowest BCUT2D eigenvalue weighted by Gasteiger charge is -2.39. The number of ether oxygens (including phenoxy) is 1. The Morgan fingerprint density at radius 1 is 1.20 bits per heavy atom. The van der Waals surface area contributed by atoms with Crippen molar-refractivity contribution in [2.75, 3.05) is 13.1 Å². The Bertz CT molecular complexity index is 915. The summed E-state index contributed by atoms with van der Waals surface area (Å²) in [4.78, 5) is 26.8. The summed E-state index contributed by atoms with van der Waals surface area (Å²) in [6.45, 7) is 0.947. The molecule has 0 unspecified atom stereocenters. The average Bonchev–Trinajstić information content (AvgIpc) is 2.93. The Kier molecular flexibility index (Phi) is 3.54. The Hall–Kier alpha value is -3.13. The largest absolute Gasteiger partial charge is 0.449 e. The number of hydrogen-bond donors (Lipinski definition) is 0. The van der Waals surface area contributed by atoms with Gasteiger partial charge in [0.25, 0.3) is 5.91 Å². The SMILES string of the molecule is N#Cc1cccc(C(=O)N2CCC[C@@]3(C2)OC(=O)c2ccccc23)c1. The summed E-state index contributed by atoms with van der Waals surface area (Å²) in [6, 6.07) is 16.1. The van der Waals surface area contributed by atoms with Crippen molar-refractivity contribution < 1.29 is 14.3 Å². The van der Waals surface area contributed by atoms with E-state index >= 15 is 0 Å². The first kappa shape index (κ1) is 15.4. The molecule has 0 saturated carbocycles. The lowest BCUT2D eigenvalue weighted by atomic mass is 9.85. The maximum absolute atomic E-state index is 12.9. The van der Waals surface area contributed by atoms with Crippen LogP contribution >= 0.6 is 0 Å². The summed E-state index contributed by atoms with van der Waals surface area (Å²) in [5, 5.41) is 9.03. The van der Waals surface area contributed by atoms with E-state index < -0.39 is 5.60 Å². The number of carbonyl (C=O) groups is 2. The normalized spacial score (nSPS) is 21.6. The summed E-state index contributed by atoms with van der Waals surface area (Å²) < 4.78 is 5.74. The molecule has 1 saturated heterocycles. The molecule has 5 heteroatoms. The number of benzene rings is 2. The van der Waals surface area contributed by atoms with E-state index in [9.17, 15) is 9.59 Å². The summed E-state index contributed by atoms with van der Waals surface area (Å²) in [6.07, 6.45) is 1.46. The van der Waals surface area contributed by atoms with Crippen LogP contribution in [0.3, 0.4) is 0 Å². The Morgan fingerprint density at radius 2 is 2.04 bits per heavy atom. The number of piperidine rings is 1. The summed E-state index contributed by atoms with van der Waals surface area (Å²) in [5.41, 5.74) is 1.63. The molecule has 1 amide bonds. The van der Waals surface area contributed by atoms with Gasteiger partial charge in [0.15, 0.2) is 5.60 Å². The summed E-state index contributed by atoms with van der Waals surface area (Å²) in [7, 11) is 0. The zero-order chi connectivity index (χ0) is 17.4. The van der Waals surface area contributed by atoms with Gasteiger partial charge in [0.2, 0.25) is 0 Å². The van der Waals surface area contributed by atoms with Gasteiger partial charge in [-0.2, -0.15) is 5.26 Å². The molecule has 124 valence electrons. The van der Waals surface area contributed by atoms with Gasteiger partial charge in [-0.3, -0.25) is 4.79 Å². The second-order valence-corrected chi connectivity index (χ2v) is 6.45. The second-order valence-electron chi connectivity index (χ2n) is 6.45. The van der Waals surface area contributed by atoms with Crippen LogP contribution < -0.4 is 0 Å². The van der Waals surface area contributed by atoms with Gasteiger partial charge in [0.05, 0.1) is 23.7 Å². The van der Waals surface area contributed by atoms with Crippen LogP contribution in [0.15, 0.2) is 48.5 Å². The van der Waals surface area contributed by atoms with Crippen LogP contribution in [-0.2, 0) is 10.3 Å². The van der Waals surface area contributed by atoms with Crippen LogP contribution in [0.2, 0.25) is 0 Å². The van der Waals surface area contributed by atoms with Crippen molar-refractivity contribution in [2.24, 2.45) is 0 Å². The van der Waals surface area contributed by atoms with Gasteiger partial charge in [-0.05, 0) is 37.1 Å². The van der Waals surface area contributed by atoms with Gasteiger partial charge in [-0.25, -0.2) is 4.79 Å². The molecule has 0 aromatic heterocycles. The lowest BCUT2D eigenvalue weighted by Crippen LogP contribution is -2.48. The Morgan fingerprint density at radius 3 is 2.88 bits per heavy atom. The van der Waals surface area contributed by atoms with Crippen molar-refractivity contribution >= 4 is 11.9 Å². The number of rotatable bonds is 1. The zero-order valence-corrected chi connectivity index (χ0v) is 13.6. The minimum atomic E-state index is -0.756. The number of fused-ring (bicyclic) bond motifs is 2. The van der Waals surface area contributed by atoms with Crippen LogP contribution in [0.5, 0.6) is 0 Å². The van der Waals surface area contributed by atoms with Crippen molar-refractivity contribution in [3.63, 3.8) is 0 Å². The maximum atomic E-state index is 12.9. The number of nitriles is 1. The molecule has 2 aliphatic rings. The molecule has 4 rings (SSSR count). The zero-order valence-electron chi connectivity index (χ0n) is 13.6. The van der Waals surface area contributed by atoms with Gasteiger partial charge in [0.1, 0.15) is 0 Å². The molecule has 1 atom stereocenters. The first-order valence-electron chi connectivity index (χ1n) is 8.25.